The van der Waals surface area contributed by atoms with E-state index >= 15 is 0 Å². The second-order valence-corrected chi connectivity index (χ2v) is 12.2. The summed E-state index contributed by atoms with van der Waals surface area (Å²) in [6, 6.07) is 0. The lowest BCUT2D eigenvalue weighted by Crippen LogP contribution is -2.35. The molecule has 8 heteroatoms. The minimum atomic E-state index is -0.848. The van der Waals surface area contributed by atoms with Gasteiger partial charge in [0.1, 0.15) is 6.10 Å². The Kier molecular flexibility index (Phi) is 20.6. The van der Waals surface area contributed by atoms with Crippen LogP contribution in [-0.4, -0.2) is 76.7 Å². The molecule has 7 nitrogen and oxygen atoms in total. The van der Waals surface area contributed by atoms with Gasteiger partial charge in [-0.15, -0.1) is 0 Å². The fourth-order valence-corrected chi connectivity index (χ4v) is 5.97. The number of nitrogens with zero attached hydrogens (tertiary/aromatic N) is 2. The molecule has 0 aliphatic carbocycles. The summed E-state index contributed by atoms with van der Waals surface area (Å²) in [5.41, 5.74) is 0. The van der Waals surface area contributed by atoms with E-state index in [-0.39, 0.29) is 23.7 Å². The Hall–Kier alpha value is -1.28. The van der Waals surface area contributed by atoms with Gasteiger partial charge in [0.25, 0.3) is 5.24 Å². The summed E-state index contributed by atoms with van der Waals surface area (Å²) >= 11 is 1.38. The molecule has 0 saturated carbocycles. The number of rotatable bonds is 22. The topological polar surface area (TPSA) is 87.1 Å². The molecule has 0 unspecified atom stereocenters. The Bertz CT molecular complexity index is 626. The molecule has 1 fully saturated rings. The predicted octanol–water partition coefficient (Wildman–Crippen LogP) is 7.51. The molecule has 0 radical (unpaired) electrons. The summed E-state index contributed by atoms with van der Waals surface area (Å²) in [4.78, 5) is 40.7. The van der Waals surface area contributed by atoms with Crippen molar-refractivity contribution in [1.82, 2.24) is 9.80 Å². The van der Waals surface area contributed by atoms with E-state index in [4.69, 9.17) is 9.84 Å². The minimum absolute atomic E-state index is 0.000886. The van der Waals surface area contributed by atoms with Crippen LogP contribution in [0.15, 0.2) is 0 Å². The van der Waals surface area contributed by atoms with Crippen molar-refractivity contribution in [3.8, 4) is 0 Å². The molecule has 1 heterocycles. The number of carboxylic acid groups (broad SMARTS) is 1. The smallest absolute Gasteiger partial charge is 0.306 e. The average molecular weight is 557 g/mol. The Balaban J connectivity index is 2.51. The summed E-state index contributed by atoms with van der Waals surface area (Å²) in [7, 11) is 2.10. The van der Waals surface area contributed by atoms with Gasteiger partial charge < -0.3 is 19.6 Å². The molecule has 1 rings (SSSR count). The molecular formula is C30H56N2O5S. The summed E-state index contributed by atoms with van der Waals surface area (Å²) in [6.45, 7) is 7.30. The first-order chi connectivity index (χ1) is 18.3. The lowest BCUT2D eigenvalue weighted by molar-refractivity contribution is -0.150. The van der Waals surface area contributed by atoms with Crippen molar-refractivity contribution in [3.05, 3.63) is 0 Å². The lowest BCUT2D eigenvalue weighted by Gasteiger charge is -2.30. The first-order valence-electron chi connectivity index (χ1n) is 15.4. The molecule has 1 amide bonds. The van der Waals surface area contributed by atoms with Crippen LogP contribution in [0, 0.1) is 0 Å². The third-order valence-corrected chi connectivity index (χ3v) is 8.64. The number of amides is 1. The molecule has 1 N–H and O–H groups in total. The quantitative estimate of drug-likeness (QED) is 0.109. The molecule has 0 aromatic rings. The molecule has 222 valence electrons. The van der Waals surface area contributed by atoms with Gasteiger partial charge in [-0.2, -0.15) is 0 Å². The first kappa shape index (κ1) is 34.7. The number of thioether (sulfide) groups is 1. The van der Waals surface area contributed by atoms with Gasteiger partial charge in [0, 0.05) is 31.2 Å². The minimum Gasteiger partial charge on any atom is -0.481 e. The molecule has 0 atom stereocenters. The van der Waals surface area contributed by atoms with Crippen LogP contribution in [0.3, 0.4) is 0 Å². The average Bonchev–Trinajstić information content (AvgIpc) is 2.88. The van der Waals surface area contributed by atoms with Crippen molar-refractivity contribution in [3.63, 3.8) is 0 Å². The largest absolute Gasteiger partial charge is 0.481 e. The van der Waals surface area contributed by atoms with E-state index in [1.54, 1.807) is 4.90 Å². The normalized spacial score (nSPS) is 14.6. The maximum Gasteiger partial charge on any atom is 0.306 e. The third kappa shape index (κ3) is 18.1. The Morgan fingerprint density at radius 3 is 1.89 bits per heavy atom. The van der Waals surface area contributed by atoms with E-state index in [1.807, 2.05) is 0 Å². The van der Waals surface area contributed by atoms with Gasteiger partial charge in [-0.1, -0.05) is 77.0 Å². The van der Waals surface area contributed by atoms with Gasteiger partial charge in [0.15, 0.2) is 0 Å². The van der Waals surface area contributed by atoms with Crippen molar-refractivity contribution in [2.45, 2.75) is 141 Å². The molecule has 1 aliphatic heterocycles. The van der Waals surface area contributed by atoms with Crippen molar-refractivity contribution >= 4 is 28.9 Å². The summed E-state index contributed by atoms with van der Waals surface area (Å²) < 4.78 is 5.92. The van der Waals surface area contributed by atoms with E-state index in [1.165, 1.54) is 63.1 Å². The second-order valence-electron chi connectivity index (χ2n) is 11.0. The molecule has 0 aromatic heterocycles. The zero-order chi connectivity index (χ0) is 28.0. The number of carboxylic acids is 1. The van der Waals surface area contributed by atoms with Gasteiger partial charge in [-0.05, 0) is 71.5 Å². The van der Waals surface area contributed by atoms with E-state index in [0.29, 0.717) is 37.6 Å². The van der Waals surface area contributed by atoms with Crippen LogP contribution in [0.1, 0.15) is 129 Å². The highest BCUT2D eigenvalue weighted by Gasteiger charge is 2.24. The molecule has 1 saturated heterocycles. The van der Waals surface area contributed by atoms with Crippen LogP contribution in [-0.2, 0) is 14.3 Å². The molecule has 0 bridgehead atoms. The number of unbranched alkanes of at least 4 members (excludes halogenated alkanes) is 8. The number of likely N-dealkylation sites (tertiary alicyclic amines) is 1. The molecule has 0 aromatic carbocycles. The van der Waals surface area contributed by atoms with Crippen molar-refractivity contribution in [1.29, 1.82) is 0 Å². The maximum atomic E-state index is 13.0. The van der Waals surface area contributed by atoms with E-state index in [9.17, 15) is 14.4 Å². The standard InChI is InChI=1S/C30H56N2O5S/c1-4-6-8-10-12-16-26(17-13-11-9-7-5-2)37-29(35)19-15-23-32(22-14-18-28(33)34)30(36)38-27-20-24-31(3)25-21-27/h26-27H,4-25H2,1-3H3,(H,33,34). The zero-order valence-corrected chi connectivity index (χ0v) is 25.4. The van der Waals surface area contributed by atoms with Crippen LogP contribution in [0.5, 0.6) is 0 Å². The summed E-state index contributed by atoms with van der Waals surface area (Å²) in [5, 5.41) is 9.33. The van der Waals surface area contributed by atoms with Crippen molar-refractivity contribution in [2.24, 2.45) is 0 Å². The van der Waals surface area contributed by atoms with Gasteiger partial charge >= 0.3 is 11.9 Å². The number of piperidine rings is 1. The van der Waals surface area contributed by atoms with E-state index < -0.39 is 5.97 Å². The van der Waals surface area contributed by atoms with E-state index in [2.05, 4.69) is 25.8 Å². The van der Waals surface area contributed by atoms with Crippen LogP contribution < -0.4 is 0 Å². The lowest BCUT2D eigenvalue weighted by atomic mass is 10.0. The van der Waals surface area contributed by atoms with Crippen LogP contribution in [0.2, 0.25) is 0 Å². The predicted molar refractivity (Wildman–Crippen MR) is 158 cm³/mol. The highest BCUT2D eigenvalue weighted by molar-refractivity contribution is 8.14. The molecule has 38 heavy (non-hydrogen) atoms. The Morgan fingerprint density at radius 1 is 0.842 bits per heavy atom. The van der Waals surface area contributed by atoms with Gasteiger partial charge in [0.2, 0.25) is 0 Å². The van der Waals surface area contributed by atoms with E-state index in [0.717, 1.165) is 51.6 Å². The summed E-state index contributed by atoms with van der Waals surface area (Å²) in [6.07, 6.45) is 17.2. The van der Waals surface area contributed by atoms with Crippen molar-refractivity contribution < 1.29 is 24.2 Å². The Morgan fingerprint density at radius 2 is 1.37 bits per heavy atom. The summed E-state index contributed by atoms with van der Waals surface area (Å²) in [5.74, 6) is -1.02. The molecule has 1 aliphatic rings. The van der Waals surface area contributed by atoms with Gasteiger partial charge in [0.05, 0.1) is 0 Å². The van der Waals surface area contributed by atoms with Crippen LogP contribution >= 0.6 is 11.8 Å². The number of aliphatic carboxylic acids is 1. The fraction of sp³-hybridized carbons (Fsp3) is 0.900. The van der Waals surface area contributed by atoms with Gasteiger partial charge in [-0.25, -0.2) is 0 Å². The fourth-order valence-electron chi connectivity index (χ4n) is 4.91. The second kappa shape index (κ2) is 22.5. The highest BCUT2D eigenvalue weighted by atomic mass is 32.2. The van der Waals surface area contributed by atoms with Crippen LogP contribution in [0.4, 0.5) is 4.79 Å². The first-order valence-corrected chi connectivity index (χ1v) is 16.3. The monoisotopic (exact) mass is 556 g/mol. The maximum absolute atomic E-state index is 13.0. The number of hydrogen-bond donors (Lipinski definition) is 1. The van der Waals surface area contributed by atoms with Crippen LogP contribution in [0.25, 0.3) is 0 Å². The van der Waals surface area contributed by atoms with Crippen molar-refractivity contribution in [2.75, 3.05) is 33.2 Å². The van der Waals surface area contributed by atoms with Gasteiger partial charge in [-0.3, -0.25) is 14.4 Å². The molecular weight excluding hydrogens is 500 g/mol. The number of hydrogen-bond acceptors (Lipinski definition) is 6. The Labute approximate surface area is 236 Å². The molecule has 0 spiro atoms. The SMILES string of the molecule is CCCCCCCC(CCCCCCC)OC(=O)CCCN(CCCC(=O)O)C(=O)SC1CCN(C)CC1. The number of carbonyl (C=O) groups excluding carboxylic acids is 2. The highest BCUT2D eigenvalue weighted by Crippen LogP contribution is 2.26. The number of ether oxygens (including phenoxy) is 1. The number of carbonyl (C=O) groups is 3. The third-order valence-electron chi connectivity index (χ3n) is 7.38. The zero-order valence-electron chi connectivity index (χ0n) is 24.6. The number of esters is 1.